The van der Waals surface area contributed by atoms with Crippen LogP contribution in [-0.4, -0.2) is 14.6 Å². The molecule has 2 aromatic rings. The molecule has 0 aliphatic rings. The van der Waals surface area contributed by atoms with E-state index >= 15 is 0 Å². The molecule has 98 valence electrons. The summed E-state index contributed by atoms with van der Waals surface area (Å²) in [6, 6.07) is 2.29. The van der Waals surface area contributed by atoms with E-state index in [1.165, 1.54) is 10.6 Å². The summed E-state index contributed by atoms with van der Waals surface area (Å²) in [5.41, 5.74) is -0.563. The Morgan fingerprint density at radius 3 is 2.22 bits per heavy atom. The molecule has 0 unspecified atom stereocenters. The maximum absolute atomic E-state index is 12.6. The van der Waals surface area contributed by atoms with Crippen LogP contribution in [0.2, 0.25) is 5.15 Å². The molecule has 0 spiro atoms. The number of rotatable bonds is 0. The highest BCUT2D eigenvalue weighted by Crippen LogP contribution is 2.31. The van der Waals surface area contributed by atoms with E-state index in [-0.39, 0.29) is 16.2 Å². The van der Waals surface area contributed by atoms with Gasteiger partial charge in [0.1, 0.15) is 10.8 Å². The number of fused-ring (bicyclic) bond motifs is 1. The lowest BCUT2D eigenvalue weighted by atomic mass is 9.93. The van der Waals surface area contributed by atoms with E-state index in [4.69, 9.17) is 11.6 Å². The Bertz CT molecular complexity index is 596. The molecule has 0 amide bonds. The van der Waals surface area contributed by atoms with Crippen LogP contribution in [0.1, 0.15) is 32.2 Å². The Morgan fingerprint density at radius 1 is 1.11 bits per heavy atom. The molecule has 0 radical (unpaired) electrons. The van der Waals surface area contributed by atoms with Gasteiger partial charge in [0.25, 0.3) is 0 Å². The first-order valence-corrected chi connectivity index (χ1v) is 5.61. The molecular weight excluding hydrogens is 267 g/mol. The second-order valence-corrected chi connectivity index (χ2v) is 5.40. The first kappa shape index (κ1) is 13.1. The molecule has 0 aromatic carbocycles. The molecule has 0 saturated heterocycles. The zero-order chi connectivity index (χ0) is 13.7. The van der Waals surface area contributed by atoms with Crippen molar-refractivity contribution in [3.8, 4) is 0 Å². The normalized spacial score (nSPS) is 13.3. The minimum Gasteiger partial charge on any atom is -0.224 e. The lowest BCUT2D eigenvalue weighted by Crippen LogP contribution is -2.12. The third-order valence-corrected chi connectivity index (χ3v) is 2.71. The minimum absolute atomic E-state index is 0.0970. The molecule has 2 rings (SSSR count). The van der Waals surface area contributed by atoms with Gasteiger partial charge in [-0.05, 0) is 0 Å². The van der Waals surface area contributed by atoms with Crippen molar-refractivity contribution in [2.75, 3.05) is 0 Å². The molecule has 0 aliphatic heterocycles. The number of nitrogens with zero attached hydrogens (tertiary/aromatic N) is 3. The summed E-state index contributed by atoms with van der Waals surface area (Å²) < 4.78 is 39.0. The number of halogens is 4. The highest BCUT2D eigenvalue weighted by atomic mass is 35.5. The third kappa shape index (κ3) is 2.29. The van der Waals surface area contributed by atoms with Gasteiger partial charge in [-0.1, -0.05) is 32.4 Å². The average Bonchev–Trinajstić information content (AvgIpc) is 2.59. The zero-order valence-corrected chi connectivity index (χ0v) is 10.8. The average molecular weight is 278 g/mol. The Morgan fingerprint density at radius 2 is 1.72 bits per heavy atom. The number of aromatic nitrogens is 3. The first-order valence-electron chi connectivity index (χ1n) is 5.23. The van der Waals surface area contributed by atoms with Crippen LogP contribution in [0.3, 0.4) is 0 Å². The van der Waals surface area contributed by atoms with Crippen LogP contribution < -0.4 is 0 Å². The maximum atomic E-state index is 12.6. The van der Waals surface area contributed by atoms with Gasteiger partial charge in [-0.25, -0.2) is 9.50 Å². The van der Waals surface area contributed by atoms with Crippen molar-refractivity contribution >= 4 is 17.2 Å². The van der Waals surface area contributed by atoms with Gasteiger partial charge in [0.15, 0.2) is 5.65 Å². The van der Waals surface area contributed by atoms with Crippen LogP contribution in [0.4, 0.5) is 13.2 Å². The van der Waals surface area contributed by atoms with Gasteiger partial charge in [-0.2, -0.15) is 18.3 Å². The standard InChI is InChI=1S/C11H11ClF3N3/c1-10(2,3)6-5-9-16-7(11(13,14)15)4-8(12)18(9)17-6/h4-5H,1-3H3. The Hall–Kier alpha value is -1.30. The lowest BCUT2D eigenvalue weighted by molar-refractivity contribution is -0.141. The summed E-state index contributed by atoms with van der Waals surface area (Å²) in [7, 11) is 0. The number of alkyl halides is 3. The smallest absolute Gasteiger partial charge is 0.224 e. The lowest BCUT2D eigenvalue weighted by Gasteiger charge is -2.13. The van der Waals surface area contributed by atoms with Crippen molar-refractivity contribution in [2.24, 2.45) is 0 Å². The summed E-state index contributed by atoms with van der Waals surface area (Å²) in [6.45, 7) is 5.73. The monoisotopic (exact) mass is 277 g/mol. The van der Waals surface area contributed by atoms with Gasteiger partial charge < -0.3 is 0 Å². The molecule has 3 nitrogen and oxygen atoms in total. The quantitative estimate of drug-likeness (QED) is 0.687. The molecule has 0 N–H and O–H groups in total. The van der Waals surface area contributed by atoms with Gasteiger partial charge in [0.2, 0.25) is 0 Å². The third-order valence-electron chi connectivity index (χ3n) is 2.44. The van der Waals surface area contributed by atoms with Crippen LogP contribution in [0.5, 0.6) is 0 Å². The second-order valence-electron chi connectivity index (χ2n) is 5.01. The molecule has 0 saturated carbocycles. The summed E-state index contributed by atoms with van der Waals surface area (Å²) in [5, 5.41) is 4.05. The van der Waals surface area contributed by atoms with E-state index in [1.807, 2.05) is 20.8 Å². The van der Waals surface area contributed by atoms with Crippen LogP contribution in [-0.2, 0) is 11.6 Å². The predicted octanol–water partition coefficient (Wildman–Crippen LogP) is 3.70. The summed E-state index contributed by atoms with van der Waals surface area (Å²) in [6.07, 6.45) is -4.52. The van der Waals surface area contributed by atoms with Crippen molar-refractivity contribution in [3.63, 3.8) is 0 Å². The maximum Gasteiger partial charge on any atom is 0.433 e. The van der Waals surface area contributed by atoms with Crippen LogP contribution in [0.25, 0.3) is 5.65 Å². The van der Waals surface area contributed by atoms with Gasteiger partial charge in [-0.3, -0.25) is 0 Å². The molecule has 2 heterocycles. The van der Waals surface area contributed by atoms with Crippen molar-refractivity contribution in [1.29, 1.82) is 0 Å². The van der Waals surface area contributed by atoms with E-state index in [9.17, 15) is 13.2 Å². The van der Waals surface area contributed by atoms with Crippen LogP contribution in [0.15, 0.2) is 12.1 Å². The Kier molecular flexibility index (Phi) is 2.81. The minimum atomic E-state index is -4.52. The largest absolute Gasteiger partial charge is 0.433 e. The summed E-state index contributed by atoms with van der Waals surface area (Å²) >= 11 is 5.79. The molecule has 7 heteroatoms. The van der Waals surface area contributed by atoms with E-state index < -0.39 is 11.9 Å². The van der Waals surface area contributed by atoms with E-state index in [1.54, 1.807) is 0 Å². The zero-order valence-electron chi connectivity index (χ0n) is 10.0. The number of hydrogen-bond acceptors (Lipinski definition) is 2. The Balaban J connectivity index is 2.67. The van der Waals surface area contributed by atoms with Gasteiger partial charge in [0, 0.05) is 17.5 Å². The molecule has 2 aromatic heterocycles. The van der Waals surface area contributed by atoms with Crippen molar-refractivity contribution in [3.05, 3.63) is 28.7 Å². The van der Waals surface area contributed by atoms with Crippen LogP contribution in [0, 0.1) is 0 Å². The van der Waals surface area contributed by atoms with E-state index in [2.05, 4.69) is 10.1 Å². The summed E-state index contributed by atoms with van der Waals surface area (Å²) in [5.74, 6) is 0. The first-order chi connectivity index (χ1) is 8.09. The predicted molar refractivity (Wildman–Crippen MR) is 61.7 cm³/mol. The fourth-order valence-corrected chi connectivity index (χ4v) is 1.68. The fraction of sp³-hybridized carbons (Fsp3) is 0.455. The van der Waals surface area contributed by atoms with Gasteiger partial charge in [0.05, 0.1) is 5.69 Å². The topological polar surface area (TPSA) is 30.2 Å². The fourth-order valence-electron chi connectivity index (χ4n) is 1.45. The summed E-state index contributed by atoms with van der Waals surface area (Å²) in [4.78, 5) is 3.53. The molecule has 0 fully saturated rings. The highest BCUT2D eigenvalue weighted by molar-refractivity contribution is 6.29. The van der Waals surface area contributed by atoms with E-state index in [0.717, 1.165) is 6.07 Å². The second kappa shape index (κ2) is 3.85. The van der Waals surface area contributed by atoms with E-state index in [0.29, 0.717) is 5.69 Å². The van der Waals surface area contributed by atoms with Crippen molar-refractivity contribution in [1.82, 2.24) is 14.6 Å². The van der Waals surface area contributed by atoms with Crippen molar-refractivity contribution in [2.45, 2.75) is 32.4 Å². The molecular formula is C11H11ClF3N3. The molecule has 0 aliphatic carbocycles. The highest BCUT2D eigenvalue weighted by Gasteiger charge is 2.34. The molecule has 18 heavy (non-hydrogen) atoms. The van der Waals surface area contributed by atoms with Gasteiger partial charge >= 0.3 is 6.18 Å². The molecule has 0 bridgehead atoms. The van der Waals surface area contributed by atoms with Crippen LogP contribution >= 0.6 is 11.6 Å². The Labute approximate surface area is 107 Å². The van der Waals surface area contributed by atoms with Gasteiger partial charge in [-0.15, -0.1) is 0 Å². The molecule has 0 atom stereocenters. The SMILES string of the molecule is CC(C)(C)c1cc2nc(C(F)(F)F)cc(Cl)n2n1. The van der Waals surface area contributed by atoms with Crippen molar-refractivity contribution < 1.29 is 13.2 Å². The number of hydrogen-bond donors (Lipinski definition) is 0.